The number of fused-ring (bicyclic) bond motifs is 1. The third kappa shape index (κ3) is 2.27. The van der Waals surface area contributed by atoms with Gasteiger partial charge < -0.3 is 4.74 Å². The molecule has 0 spiro atoms. The highest BCUT2D eigenvalue weighted by Crippen LogP contribution is 2.27. The fraction of sp³-hybridized carbons (Fsp3) is 0.188. The molecule has 2 heterocycles. The Morgan fingerprint density at radius 2 is 2.00 bits per heavy atom. The topological polar surface area (TPSA) is 56.5 Å². The lowest BCUT2D eigenvalue weighted by Crippen LogP contribution is -2.02. The number of carbonyl (C=O) groups excluding carboxylic acids is 1. The van der Waals surface area contributed by atoms with Gasteiger partial charge in [0.1, 0.15) is 5.75 Å². The summed E-state index contributed by atoms with van der Waals surface area (Å²) in [7, 11) is 0. The number of rotatable bonds is 4. The van der Waals surface area contributed by atoms with Gasteiger partial charge in [0, 0.05) is 18.0 Å². The quantitative estimate of drug-likeness (QED) is 0.688. The monoisotopic (exact) mass is 279 g/mol. The van der Waals surface area contributed by atoms with Crippen LogP contribution in [0.25, 0.3) is 5.52 Å². The normalized spacial score (nSPS) is 14.3. The van der Waals surface area contributed by atoms with Gasteiger partial charge in [-0.15, -0.1) is 0 Å². The third-order valence-electron chi connectivity index (χ3n) is 3.51. The third-order valence-corrected chi connectivity index (χ3v) is 3.51. The van der Waals surface area contributed by atoms with Crippen LogP contribution in [0, 0.1) is 0 Å². The molecule has 21 heavy (non-hydrogen) atoms. The molecular weight excluding hydrogens is 266 g/mol. The number of carbonyl (C=O) groups is 1. The molecule has 5 heteroatoms. The highest BCUT2D eigenvalue weighted by molar-refractivity contribution is 6.12. The van der Waals surface area contributed by atoms with Crippen LogP contribution < -0.4 is 4.74 Å². The van der Waals surface area contributed by atoms with E-state index in [1.54, 1.807) is 41.4 Å². The van der Waals surface area contributed by atoms with Crippen molar-refractivity contribution in [2.45, 2.75) is 18.9 Å². The summed E-state index contributed by atoms with van der Waals surface area (Å²) in [5.74, 6) is 0.756. The molecule has 5 nitrogen and oxygen atoms in total. The van der Waals surface area contributed by atoms with E-state index in [-0.39, 0.29) is 5.78 Å². The summed E-state index contributed by atoms with van der Waals surface area (Å²) in [6, 6.07) is 7.27. The van der Waals surface area contributed by atoms with Crippen molar-refractivity contribution >= 4 is 11.3 Å². The van der Waals surface area contributed by atoms with Crippen molar-refractivity contribution in [2.75, 3.05) is 0 Å². The predicted molar refractivity (Wildman–Crippen MR) is 76.5 cm³/mol. The molecule has 1 saturated carbocycles. The summed E-state index contributed by atoms with van der Waals surface area (Å²) in [5.41, 5.74) is 1.89. The Morgan fingerprint density at radius 1 is 1.19 bits per heavy atom. The smallest absolute Gasteiger partial charge is 0.196 e. The molecule has 1 aromatic carbocycles. The van der Waals surface area contributed by atoms with Gasteiger partial charge in [-0.05, 0) is 37.1 Å². The first-order valence-electron chi connectivity index (χ1n) is 6.90. The minimum Gasteiger partial charge on any atom is -0.490 e. The molecule has 2 aromatic heterocycles. The van der Waals surface area contributed by atoms with E-state index in [1.807, 2.05) is 12.1 Å². The molecule has 104 valence electrons. The molecule has 0 N–H and O–H groups in total. The van der Waals surface area contributed by atoms with Crippen LogP contribution in [0.15, 0.2) is 49.1 Å². The average Bonchev–Trinajstić information content (AvgIpc) is 3.23. The molecule has 1 aliphatic rings. The summed E-state index contributed by atoms with van der Waals surface area (Å²) >= 11 is 0. The molecule has 0 unspecified atom stereocenters. The Bertz CT molecular complexity index is 804. The van der Waals surface area contributed by atoms with Crippen LogP contribution in [0.2, 0.25) is 0 Å². The standard InChI is InChI=1S/C16H13N3O2/c20-16(14-9-18-19-8-7-17-10-15(14)19)11-1-3-12(4-2-11)21-13-5-6-13/h1-4,7-10,13H,5-6H2. The summed E-state index contributed by atoms with van der Waals surface area (Å²) < 4.78 is 7.33. The van der Waals surface area contributed by atoms with Crippen molar-refractivity contribution in [2.24, 2.45) is 0 Å². The second-order valence-electron chi connectivity index (χ2n) is 5.14. The molecular formula is C16H13N3O2. The van der Waals surface area contributed by atoms with E-state index in [2.05, 4.69) is 10.1 Å². The molecule has 3 aromatic rings. The van der Waals surface area contributed by atoms with Gasteiger partial charge in [-0.1, -0.05) is 0 Å². The Labute approximate surface area is 121 Å². The fourth-order valence-electron chi connectivity index (χ4n) is 2.23. The van der Waals surface area contributed by atoms with Crippen molar-refractivity contribution in [3.05, 3.63) is 60.2 Å². The van der Waals surface area contributed by atoms with Gasteiger partial charge in [0.05, 0.1) is 29.6 Å². The average molecular weight is 279 g/mol. The highest BCUT2D eigenvalue weighted by atomic mass is 16.5. The Hall–Kier alpha value is -2.69. The van der Waals surface area contributed by atoms with Crippen molar-refractivity contribution in [3.8, 4) is 5.75 Å². The van der Waals surface area contributed by atoms with Crippen LogP contribution in [0.5, 0.6) is 5.75 Å². The summed E-state index contributed by atoms with van der Waals surface area (Å²) in [4.78, 5) is 16.6. The minimum atomic E-state index is -0.0593. The number of aromatic nitrogens is 3. The van der Waals surface area contributed by atoms with Gasteiger partial charge >= 0.3 is 0 Å². The number of hydrogen-bond donors (Lipinski definition) is 0. The zero-order valence-corrected chi connectivity index (χ0v) is 11.3. The molecule has 0 saturated heterocycles. The number of ether oxygens (including phenoxy) is 1. The molecule has 0 aliphatic heterocycles. The SMILES string of the molecule is O=C(c1ccc(OC2CC2)cc1)c1cnn2ccncc12. The van der Waals surface area contributed by atoms with Crippen molar-refractivity contribution in [1.29, 1.82) is 0 Å². The Morgan fingerprint density at radius 3 is 2.76 bits per heavy atom. The first kappa shape index (κ1) is 12.1. The maximum atomic E-state index is 12.5. The fourth-order valence-corrected chi connectivity index (χ4v) is 2.23. The first-order chi connectivity index (χ1) is 10.3. The van der Waals surface area contributed by atoms with E-state index >= 15 is 0 Å². The number of nitrogens with zero attached hydrogens (tertiary/aromatic N) is 3. The van der Waals surface area contributed by atoms with Crippen molar-refractivity contribution in [3.63, 3.8) is 0 Å². The van der Waals surface area contributed by atoms with E-state index in [4.69, 9.17) is 4.74 Å². The van der Waals surface area contributed by atoms with Crippen LogP contribution in [0.4, 0.5) is 0 Å². The van der Waals surface area contributed by atoms with E-state index < -0.39 is 0 Å². The molecule has 1 aliphatic carbocycles. The number of hydrogen-bond acceptors (Lipinski definition) is 4. The molecule has 0 atom stereocenters. The maximum absolute atomic E-state index is 12.5. The highest BCUT2D eigenvalue weighted by Gasteiger charge is 2.23. The number of ketones is 1. The molecule has 1 fully saturated rings. The van der Waals surface area contributed by atoms with E-state index in [1.165, 1.54) is 0 Å². The molecule has 0 bridgehead atoms. The minimum absolute atomic E-state index is 0.0593. The van der Waals surface area contributed by atoms with Gasteiger partial charge in [-0.2, -0.15) is 5.10 Å². The van der Waals surface area contributed by atoms with Crippen molar-refractivity contribution in [1.82, 2.24) is 14.6 Å². The van der Waals surface area contributed by atoms with Crippen LogP contribution in [-0.4, -0.2) is 26.5 Å². The van der Waals surface area contributed by atoms with Gasteiger partial charge in [0.15, 0.2) is 5.78 Å². The second-order valence-corrected chi connectivity index (χ2v) is 5.14. The van der Waals surface area contributed by atoms with Crippen LogP contribution >= 0.6 is 0 Å². The summed E-state index contributed by atoms with van der Waals surface area (Å²) in [5, 5.41) is 4.16. The van der Waals surface area contributed by atoms with Crippen LogP contribution in [0.3, 0.4) is 0 Å². The molecule has 0 amide bonds. The zero-order chi connectivity index (χ0) is 14.2. The number of benzene rings is 1. The van der Waals surface area contributed by atoms with E-state index in [0.29, 0.717) is 22.7 Å². The van der Waals surface area contributed by atoms with Gasteiger partial charge in [-0.3, -0.25) is 9.78 Å². The Kier molecular flexibility index (Phi) is 2.70. The van der Waals surface area contributed by atoms with Gasteiger partial charge in [0.2, 0.25) is 0 Å². The summed E-state index contributed by atoms with van der Waals surface area (Å²) in [6.07, 6.45) is 9.18. The van der Waals surface area contributed by atoms with Crippen LogP contribution in [0.1, 0.15) is 28.8 Å². The largest absolute Gasteiger partial charge is 0.490 e. The Balaban J connectivity index is 1.64. The second kappa shape index (κ2) is 4.70. The zero-order valence-electron chi connectivity index (χ0n) is 11.3. The molecule has 0 radical (unpaired) electrons. The van der Waals surface area contributed by atoms with Gasteiger partial charge in [0.25, 0.3) is 0 Å². The first-order valence-corrected chi connectivity index (χ1v) is 6.90. The lowest BCUT2D eigenvalue weighted by Gasteiger charge is -2.05. The lowest BCUT2D eigenvalue weighted by molar-refractivity contribution is 0.104. The van der Waals surface area contributed by atoms with Crippen LogP contribution in [-0.2, 0) is 0 Å². The molecule has 4 rings (SSSR count). The van der Waals surface area contributed by atoms with Gasteiger partial charge in [-0.25, -0.2) is 4.52 Å². The predicted octanol–water partition coefficient (Wildman–Crippen LogP) is 2.50. The van der Waals surface area contributed by atoms with E-state index in [9.17, 15) is 4.79 Å². The lowest BCUT2D eigenvalue weighted by atomic mass is 10.1. The maximum Gasteiger partial charge on any atom is 0.196 e. The van der Waals surface area contributed by atoms with Crippen molar-refractivity contribution < 1.29 is 9.53 Å². The summed E-state index contributed by atoms with van der Waals surface area (Å²) in [6.45, 7) is 0. The van der Waals surface area contributed by atoms with E-state index in [0.717, 1.165) is 18.6 Å².